The lowest BCUT2D eigenvalue weighted by atomic mass is 9.91. The maximum absolute atomic E-state index is 13.2. The van der Waals surface area contributed by atoms with Crippen molar-refractivity contribution >= 4 is 23.0 Å². The molecule has 4 aromatic rings. The molecule has 1 aliphatic rings. The average Bonchev–Trinajstić information content (AvgIpc) is 3.20. The highest BCUT2D eigenvalue weighted by Gasteiger charge is 2.53. The van der Waals surface area contributed by atoms with Crippen LogP contribution in [-0.2, 0) is 10.5 Å². The van der Waals surface area contributed by atoms with Gasteiger partial charge in [0.15, 0.2) is 5.69 Å². The molecule has 0 bridgehead atoms. The summed E-state index contributed by atoms with van der Waals surface area (Å²) in [7, 11) is 0. The first kappa shape index (κ1) is 21.7. The smallest absolute Gasteiger partial charge is 0.360 e. The molecule has 1 aliphatic heterocycles. The molecule has 1 unspecified atom stereocenters. The zero-order valence-corrected chi connectivity index (χ0v) is 19.4. The van der Waals surface area contributed by atoms with E-state index >= 15 is 0 Å². The molecule has 0 saturated carbocycles. The van der Waals surface area contributed by atoms with Crippen LogP contribution in [0.15, 0.2) is 103 Å². The Bertz CT molecular complexity index is 1230. The third-order valence-corrected chi connectivity index (χ3v) is 6.34. The van der Waals surface area contributed by atoms with Gasteiger partial charge in [-0.1, -0.05) is 48.5 Å². The van der Waals surface area contributed by atoms with Gasteiger partial charge in [-0.25, -0.2) is 9.78 Å². The van der Waals surface area contributed by atoms with E-state index in [1.165, 1.54) is 0 Å². The average molecular weight is 450 g/mol. The molecule has 170 valence electrons. The first-order chi connectivity index (χ1) is 16.7. The third-order valence-electron chi connectivity index (χ3n) is 6.34. The molecule has 0 N–H and O–H groups in total. The van der Waals surface area contributed by atoms with Crippen LogP contribution in [0.1, 0.15) is 35.5 Å². The molecule has 2 heterocycles. The largest absolute Gasteiger partial charge is 0.425 e. The van der Waals surface area contributed by atoms with Crippen LogP contribution in [0.4, 0.5) is 17.1 Å². The number of pyridine rings is 1. The Kier molecular flexibility index (Phi) is 5.76. The van der Waals surface area contributed by atoms with Crippen LogP contribution in [0.25, 0.3) is 0 Å². The number of cyclic esters (lactones) is 1. The second kappa shape index (κ2) is 9.02. The standard InChI is InChI=1S/C29H27N3O2/c1-3-31(4-2)23-19-17-22(18-20-23)29(26-16-11-21-30-27(26)28(33)34-29)32(24-12-7-5-8-13-24)25-14-9-6-10-15-25/h5-21H,3-4H2,1-2H3. The Morgan fingerprint density at radius 2 is 1.32 bits per heavy atom. The second-order valence-corrected chi connectivity index (χ2v) is 8.16. The van der Waals surface area contributed by atoms with Gasteiger partial charge in [-0.05, 0) is 62.4 Å². The van der Waals surface area contributed by atoms with Crippen LogP contribution in [0, 0.1) is 0 Å². The van der Waals surface area contributed by atoms with Crippen LogP contribution in [0.2, 0.25) is 0 Å². The monoisotopic (exact) mass is 449 g/mol. The van der Waals surface area contributed by atoms with Gasteiger partial charge in [0.05, 0.1) is 5.56 Å². The minimum absolute atomic E-state index is 0.340. The number of benzene rings is 3. The third kappa shape index (κ3) is 3.50. The summed E-state index contributed by atoms with van der Waals surface area (Å²) < 4.78 is 6.34. The molecule has 0 radical (unpaired) electrons. The highest BCUT2D eigenvalue weighted by atomic mass is 16.6. The van der Waals surface area contributed by atoms with Crippen LogP contribution in [0.3, 0.4) is 0 Å². The van der Waals surface area contributed by atoms with E-state index in [2.05, 4.69) is 52.9 Å². The Morgan fingerprint density at radius 1 is 0.735 bits per heavy atom. The fourth-order valence-corrected chi connectivity index (χ4v) is 4.74. The predicted octanol–water partition coefficient (Wildman–Crippen LogP) is 6.14. The summed E-state index contributed by atoms with van der Waals surface area (Å²) in [6, 6.07) is 32.1. The van der Waals surface area contributed by atoms with Crippen molar-refractivity contribution in [3.05, 3.63) is 120 Å². The van der Waals surface area contributed by atoms with Gasteiger partial charge in [-0.3, -0.25) is 4.90 Å². The van der Waals surface area contributed by atoms with Gasteiger partial charge in [-0.15, -0.1) is 0 Å². The Morgan fingerprint density at radius 3 is 1.88 bits per heavy atom. The number of esters is 1. The first-order valence-electron chi connectivity index (χ1n) is 11.6. The maximum atomic E-state index is 13.2. The van der Waals surface area contributed by atoms with E-state index < -0.39 is 11.7 Å². The van der Waals surface area contributed by atoms with E-state index in [9.17, 15) is 4.79 Å². The lowest BCUT2D eigenvalue weighted by molar-refractivity contribution is 0.0131. The van der Waals surface area contributed by atoms with E-state index in [4.69, 9.17) is 4.74 Å². The topological polar surface area (TPSA) is 45.7 Å². The van der Waals surface area contributed by atoms with Crippen molar-refractivity contribution in [3.63, 3.8) is 0 Å². The normalized spacial score (nSPS) is 16.6. The van der Waals surface area contributed by atoms with E-state index in [0.29, 0.717) is 5.69 Å². The van der Waals surface area contributed by atoms with Gasteiger partial charge in [0.25, 0.3) is 0 Å². The Balaban J connectivity index is 1.78. The lowest BCUT2D eigenvalue weighted by Crippen LogP contribution is -2.45. The number of nitrogens with zero attached hydrogens (tertiary/aromatic N) is 3. The molecule has 0 amide bonds. The number of para-hydroxylation sites is 2. The summed E-state index contributed by atoms with van der Waals surface area (Å²) in [4.78, 5) is 21.9. The van der Waals surface area contributed by atoms with Gasteiger partial charge < -0.3 is 9.64 Å². The number of hydrogen-bond donors (Lipinski definition) is 0. The molecule has 0 fully saturated rings. The van der Waals surface area contributed by atoms with Crippen molar-refractivity contribution in [2.24, 2.45) is 0 Å². The molecule has 0 spiro atoms. The summed E-state index contributed by atoms with van der Waals surface area (Å²) in [6.45, 7) is 6.13. The Labute approximate surface area is 200 Å². The van der Waals surface area contributed by atoms with Crippen molar-refractivity contribution in [2.75, 3.05) is 22.9 Å². The number of hydrogen-bond acceptors (Lipinski definition) is 5. The molecule has 34 heavy (non-hydrogen) atoms. The van der Waals surface area contributed by atoms with Crippen molar-refractivity contribution in [3.8, 4) is 0 Å². The maximum Gasteiger partial charge on any atom is 0.360 e. The van der Waals surface area contributed by atoms with Crippen LogP contribution < -0.4 is 9.80 Å². The highest BCUT2D eigenvalue weighted by Crippen LogP contribution is 2.49. The van der Waals surface area contributed by atoms with Gasteiger partial charge in [0, 0.05) is 41.9 Å². The molecule has 0 saturated heterocycles. The number of ether oxygens (including phenoxy) is 1. The molecule has 5 heteroatoms. The molecule has 1 aromatic heterocycles. The molecule has 1 atom stereocenters. The minimum atomic E-state index is -1.20. The van der Waals surface area contributed by atoms with Crippen LogP contribution in [0.5, 0.6) is 0 Å². The molecule has 5 rings (SSSR count). The molecule has 0 aliphatic carbocycles. The number of aromatic nitrogens is 1. The molecular weight excluding hydrogens is 422 g/mol. The van der Waals surface area contributed by atoms with Crippen molar-refractivity contribution < 1.29 is 9.53 Å². The van der Waals surface area contributed by atoms with Gasteiger partial charge in [0.2, 0.25) is 5.72 Å². The summed E-state index contributed by atoms with van der Waals surface area (Å²) in [5.41, 5.74) is 3.67. The van der Waals surface area contributed by atoms with Crippen LogP contribution in [-0.4, -0.2) is 24.0 Å². The van der Waals surface area contributed by atoms with Gasteiger partial charge in [-0.2, -0.15) is 0 Å². The summed E-state index contributed by atoms with van der Waals surface area (Å²) in [6.07, 6.45) is 1.63. The van der Waals surface area contributed by atoms with E-state index in [1.807, 2.05) is 72.8 Å². The minimum Gasteiger partial charge on any atom is -0.425 e. The SMILES string of the molecule is CCN(CC)c1ccc(C2(N(c3ccccc3)c3ccccc3)OC(=O)c3ncccc32)cc1. The van der Waals surface area contributed by atoms with Crippen molar-refractivity contribution in [1.82, 2.24) is 4.98 Å². The summed E-state index contributed by atoms with van der Waals surface area (Å²) in [5.74, 6) is -0.430. The molecular formula is C29H27N3O2. The van der Waals surface area contributed by atoms with Crippen LogP contribution >= 0.6 is 0 Å². The fraction of sp³-hybridized carbons (Fsp3) is 0.172. The fourth-order valence-electron chi connectivity index (χ4n) is 4.74. The molecule has 3 aromatic carbocycles. The zero-order valence-electron chi connectivity index (χ0n) is 19.4. The number of rotatable bonds is 7. The zero-order chi connectivity index (χ0) is 23.5. The predicted molar refractivity (Wildman–Crippen MR) is 135 cm³/mol. The highest BCUT2D eigenvalue weighted by molar-refractivity contribution is 5.95. The van der Waals surface area contributed by atoms with Crippen molar-refractivity contribution in [2.45, 2.75) is 19.6 Å². The van der Waals surface area contributed by atoms with E-state index in [1.54, 1.807) is 6.20 Å². The number of anilines is 3. The summed E-state index contributed by atoms with van der Waals surface area (Å²) >= 11 is 0. The van der Waals surface area contributed by atoms with E-state index in [0.717, 1.165) is 41.3 Å². The lowest BCUT2D eigenvalue weighted by Gasteiger charge is -2.42. The quantitative estimate of drug-likeness (QED) is 0.317. The van der Waals surface area contributed by atoms with Gasteiger partial charge in [0.1, 0.15) is 0 Å². The Hall–Kier alpha value is -4.12. The molecule has 5 nitrogen and oxygen atoms in total. The van der Waals surface area contributed by atoms with Gasteiger partial charge >= 0.3 is 5.97 Å². The number of carbonyl (C=O) groups is 1. The summed E-state index contributed by atoms with van der Waals surface area (Å²) in [5, 5.41) is 0. The van der Waals surface area contributed by atoms with Crippen molar-refractivity contribution in [1.29, 1.82) is 0 Å². The first-order valence-corrected chi connectivity index (χ1v) is 11.6. The second-order valence-electron chi connectivity index (χ2n) is 8.16. The number of carbonyl (C=O) groups excluding carboxylic acids is 1. The number of fused-ring (bicyclic) bond motifs is 1. The van der Waals surface area contributed by atoms with E-state index in [-0.39, 0.29) is 0 Å².